The molecule has 0 unspecified atom stereocenters. The summed E-state index contributed by atoms with van der Waals surface area (Å²) >= 11 is 0. The number of hydrogen-bond acceptors (Lipinski definition) is 3. The second-order valence-corrected chi connectivity index (χ2v) is 6.21. The summed E-state index contributed by atoms with van der Waals surface area (Å²) in [6.07, 6.45) is 0. The first-order chi connectivity index (χ1) is 10.7. The topological polar surface area (TPSA) is 75.3 Å². The molecule has 0 fully saturated rings. The Bertz CT molecular complexity index is 870. The molecule has 2 aromatic carbocycles. The van der Waals surface area contributed by atoms with E-state index in [1.54, 1.807) is 0 Å². The fourth-order valence-electron chi connectivity index (χ4n) is 1.78. The summed E-state index contributed by atoms with van der Waals surface area (Å²) in [5, 5.41) is 2.35. The van der Waals surface area contributed by atoms with E-state index < -0.39 is 44.0 Å². The lowest BCUT2D eigenvalue weighted by Crippen LogP contribution is -2.16. The lowest BCUT2D eigenvalue weighted by atomic mass is 10.2. The summed E-state index contributed by atoms with van der Waals surface area (Å²) in [6, 6.07) is 5.09. The first kappa shape index (κ1) is 16.8. The van der Waals surface area contributed by atoms with Crippen molar-refractivity contribution in [2.24, 2.45) is 0 Å². The molecular formula is C14H11F3N2O3S. The summed E-state index contributed by atoms with van der Waals surface area (Å²) in [7, 11) is -4.47. The van der Waals surface area contributed by atoms with E-state index in [9.17, 15) is 26.4 Å². The average Bonchev–Trinajstić information content (AvgIpc) is 2.41. The van der Waals surface area contributed by atoms with E-state index in [1.807, 2.05) is 4.72 Å². The smallest absolute Gasteiger partial charge is 0.264 e. The van der Waals surface area contributed by atoms with E-state index in [0.717, 1.165) is 24.3 Å². The van der Waals surface area contributed by atoms with Gasteiger partial charge in [-0.05, 0) is 30.3 Å². The van der Waals surface area contributed by atoms with Gasteiger partial charge in [-0.1, -0.05) is 0 Å². The standard InChI is InChI=1S/C14H11F3N2O3S/c1-8(20)18-10-3-4-11(16)13(7-10)19-23(21,22)14-5-2-9(15)6-12(14)17/h2-7,19H,1H3,(H,18,20). The Morgan fingerprint density at radius 3 is 2.30 bits per heavy atom. The van der Waals surface area contributed by atoms with Crippen LogP contribution in [0, 0.1) is 17.5 Å². The molecule has 0 saturated carbocycles. The molecule has 0 saturated heterocycles. The molecule has 0 bridgehead atoms. The molecular weight excluding hydrogens is 333 g/mol. The predicted molar refractivity (Wildman–Crippen MR) is 77.9 cm³/mol. The van der Waals surface area contributed by atoms with Crippen molar-refractivity contribution in [1.29, 1.82) is 0 Å². The molecule has 9 heteroatoms. The highest BCUT2D eigenvalue weighted by Gasteiger charge is 2.21. The maximum absolute atomic E-state index is 13.7. The number of anilines is 2. The summed E-state index contributed by atoms with van der Waals surface area (Å²) in [5.74, 6) is -3.61. The lowest BCUT2D eigenvalue weighted by Gasteiger charge is -2.11. The van der Waals surface area contributed by atoms with Crippen molar-refractivity contribution < 1.29 is 26.4 Å². The zero-order chi connectivity index (χ0) is 17.2. The molecule has 0 spiro atoms. The number of rotatable bonds is 4. The van der Waals surface area contributed by atoms with Crippen molar-refractivity contribution in [3.05, 3.63) is 53.8 Å². The third-order valence-corrected chi connectivity index (χ3v) is 4.11. The highest BCUT2D eigenvalue weighted by Crippen LogP contribution is 2.24. The van der Waals surface area contributed by atoms with Gasteiger partial charge in [0.25, 0.3) is 10.0 Å². The zero-order valence-electron chi connectivity index (χ0n) is 11.7. The number of sulfonamides is 1. The summed E-state index contributed by atoms with van der Waals surface area (Å²) in [6.45, 7) is 1.22. The summed E-state index contributed by atoms with van der Waals surface area (Å²) in [4.78, 5) is 10.1. The van der Waals surface area contributed by atoms with Gasteiger partial charge in [-0.3, -0.25) is 9.52 Å². The summed E-state index contributed by atoms with van der Waals surface area (Å²) in [5.41, 5.74) is -0.337. The molecule has 2 rings (SSSR count). The normalized spacial score (nSPS) is 11.1. The van der Waals surface area contributed by atoms with Crippen LogP contribution in [0.25, 0.3) is 0 Å². The van der Waals surface area contributed by atoms with E-state index in [0.29, 0.717) is 6.07 Å². The van der Waals surface area contributed by atoms with E-state index in [1.165, 1.54) is 13.0 Å². The molecule has 0 atom stereocenters. The molecule has 1 amide bonds. The van der Waals surface area contributed by atoms with Crippen molar-refractivity contribution in [3.8, 4) is 0 Å². The fourth-order valence-corrected chi connectivity index (χ4v) is 2.90. The van der Waals surface area contributed by atoms with Gasteiger partial charge in [-0.2, -0.15) is 0 Å². The molecule has 122 valence electrons. The number of nitrogens with one attached hydrogen (secondary N) is 2. The Morgan fingerprint density at radius 2 is 1.70 bits per heavy atom. The minimum Gasteiger partial charge on any atom is -0.326 e. The zero-order valence-corrected chi connectivity index (χ0v) is 12.5. The van der Waals surface area contributed by atoms with Gasteiger partial charge in [-0.15, -0.1) is 0 Å². The molecule has 0 aliphatic heterocycles. The Balaban J connectivity index is 2.38. The minimum atomic E-state index is -4.47. The van der Waals surface area contributed by atoms with Gasteiger partial charge in [-0.25, -0.2) is 21.6 Å². The van der Waals surface area contributed by atoms with Crippen molar-refractivity contribution in [1.82, 2.24) is 0 Å². The second-order valence-electron chi connectivity index (χ2n) is 4.56. The van der Waals surface area contributed by atoms with Crippen LogP contribution in [0.1, 0.15) is 6.92 Å². The van der Waals surface area contributed by atoms with Gasteiger partial charge < -0.3 is 5.32 Å². The van der Waals surface area contributed by atoms with Crippen LogP contribution >= 0.6 is 0 Å². The van der Waals surface area contributed by atoms with Crippen LogP contribution in [0.4, 0.5) is 24.5 Å². The molecule has 0 aliphatic rings. The maximum Gasteiger partial charge on any atom is 0.264 e. The lowest BCUT2D eigenvalue weighted by molar-refractivity contribution is -0.114. The SMILES string of the molecule is CC(=O)Nc1ccc(F)c(NS(=O)(=O)c2ccc(F)cc2F)c1. The van der Waals surface area contributed by atoms with Crippen molar-refractivity contribution in [2.75, 3.05) is 10.0 Å². The van der Waals surface area contributed by atoms with Gasteiger partial charge in [0.05, 0.1) is 5.69 Å². The van der Waals surface area contributed by atoms with Gasteiger partial charge in [0.15, 0.2) is 0 Å². The maximum atomic E-state index is 13.7. The van der Waals surface area contributed by atoms with Gasteiger partial charge >= 0.3 is 0 Å². The monoisotopic (exact) mass is 344 g/mol. The van der Waals surface area contributed by atoms with E-state index >= 15 is 0 Å². The quantitative estimate of drug-likeness (QED) is 0.895. The van der Waals surface area contributed by atoms with E-state index in [-0.39, 0.29) is 5.69 Å². The molecule has 5 nitrogen and oxygen atoms in total. The van der Waals surface area contributed by atoms with Gasteiger partial charge in [0.2, 0.25) is 5.91 Å². The number of carbonyl (C=O) groups excluding carboxylic acids is 1. The fraction of sp³-hybridized carbons (Fsp3) is 0.0714. The highest BCUT2D eigenvalue weighted by molar-refractivity contribution is 7.92. The first-order valence-electron chi connectivity index (χ1n) is 6.24. The Kier molecular flexibility index (Phi) is 4.60. The van der Waals surface area contributed by atoms with Crippen molar-refractivity contribution in [3.63, 3.8) is 0 Å². The highest BCUT2D eigenvalue weighted by atomic mass is 32.2. The van der Waals surface area contributed by atoms with Crippen LogP contribution in [0.5, 0.6) is 0 Å². The largest absolute Gasteiger partial charge is 0.326 e. The van der Waals surface area contributed by atoms with Crippen LogP contribution in [0.2, 0.25) is 0 Å². The molecule has 0 heterocycles. The van der Waals surface area contributed by atoms with E-state index in [2.05, 4.69) is 5.32 Å². The van der Waals surface area contributed by atoms with Crippen molar-refractivity contribution >= 4 is 27.3 Å². The van der Waals surface area contributed by atoms with Gasteiger partial charge in [0, 0.05) is 18.7 Å². The third kappa shape index (κ3) is 4.01. The number of carbonyl (C=O) groups is 1. The second kappa shape index (κ2) is 6.29. The molecule has 0 aliphatic carbocycles. The molecule has 0 radical (unpaired) electrons. The van der Waals surface area contributed by atoms with Crippen LogP contribution in [-0.4, -0.2) is 14.3 Å². The summed E-state index contributed by atoms with van der Waals surface area (Å²) < 4.78 is 66.2. The predicted octanol–water partition coefficient (Wildman–Crippen LogP) is 2.86. The molecule has 2 N–H and O–H groups in total. The average molecular weight is 344 g/mol. The number of amides is 1. The van der Waals surface area contributed by atoms with Crippen molar-refractivity contribution in [2.45, 2.75) is 11.8 Å². The van der Waals surface area contributed by atoms with Crippen LogP contribution in [0.3, 0.4) is 0 Å². The van der Waals surface area contributed by atoms with Crippen LogP contribution in [0.15, 0.2) is 41.3 Å². The first-order valence-corrected chi connectivity index (χ1v) is 7.72. The third-order valence-electron chi connectivity index (χ3n) is 2.71. The van der Waals surface area contributed by atoms with Gasteiger partial charge in [0.1, 0.15) is 22.3 Å². The van der Waals surface area contributed by atoms with Crippen LogP contribution in [-0.2, 0) is 14.8 Å². The van der Waals surface area contributed by atoms with Crippen LogP contribution < -0.4 is 10.0 Å². The number of halogens is 3. The minimum absolute atomic E-state index is 0.149. The molecule has 23 heavy (non-hydrogen) atoms. The molecule has 2 aromatic rings. The number of hydrogen-bond donors (Lipinski definition) is 2. The Hall–Kier alpha value is -2.55. The van der Waals surface area contributed by atoms with E-state index in [4.69, 9.17) is 0 Å². The Labute approximate surface area is 130 Å². The Morgan fingerprint density at radius 1 is 1.00 bits per heavy atom. The number of benzene rings is 2. The molecule has 0 aromatic heterocycles.